The van der Waals surface area contributed by atoms with E-state index in [0.29, 0.717) is 10.7 Å². The Labute approximate surface area is 107 Å². The number of benzene rings is 1. The van der Waals surface area contributed by atoms with Crippen LogP contribution in [0.4, 0.5) is 5.69 Å². The predicted molar refractivity (Wildman–Crippen MR) is 67.6 cm³/mol. The number of carbonyl (C=O) groups is 1. The third kappa shape index (κ3) is 3.75. The summed E-state index contributed by atoms with van der Waals surface area (Å²) in [5.74, 6) is -0.332. The molecule has 0 aliphatic heterocycles. The van der Waals surface area contributed by atoms with Gasteiger partial charge >= 0.3 is 0 Å². The topological polar surface area (TPSA) is 64.3 Å². The number of hydrogen-bond acceptors (Lipinski definition) is 3. The van der Waals surface area contributed by atoms with Crippen LogP contribution in [-0.4, -0.2) is 25.7 Å². The average molecular weight is 308 g/mol. The van der Waals surface area contributed by atoms with Gasteiger partial charge in [-0.25, -0.2) is 0 Å². The smallest absolute Gasteiger partial charge is 0.243 e. The Morgan fingerprint density at radius 1 is 1.69 bits per heavy atom. The summed E-state index contributed by atoms with van der Waals surface area (Å²) < 4.78 is 5.61. The van der Waals surface area contributed by atoms with Crippen molar-refractivity contribution in [3.05, 3.63) is 27.7 Å². The van der Waals surface area contributed by atoms with Gasteiger partial charge in [-0.2, -0.15) is 0 Å². The number of ether oxygens (including phenoxy) is 1. The molecule has 0 aliphatic rings. The van der Waals surface area contributed by atoms with E-state index in [0.717, 1.165) is 4.47 Å². The van der Waals surface area contributed by atoms with E-state index in [9.17, 15) is 4.79 Å². The van der Waals surface area contributed by atoms with Crippen LogP contribution in [0.1, 0.15) is 0 Å². The van der Waals surface area contributed by atoms with Crippen molar-refractivity contribution < 1.29 is 9.53 Å². The molecule has 0 aromatic heterocycles. The van der Waals surface area contributed by atoms with Gasteiger partial charge in [0.15, 0.2) is 0 Å². The summed E-state index contributed by atoms with van der Waals surface area (Å²) >= 11 is 9.20. The van der Waals surface area contributed by atoms with Crippen LogP contribution in [0.3, 0.4) is 0 Å². The Kier molecular flexibility index (Phi) is 5.21. The van der Waals surface area contributed by atoms with E-state index in [1.54, 1.807) is 18.2 Å². The van der Waals surface area contributed by atoms with Crippen molar-refractivity contribution in [1.29, 1.82) is 0 Å². The van der Waals surface area contributed by atoms with Crippen molar-refractivity contribution in [2.75, 3.05) is 19.0 Å². The second-order valence-electron chi connectivity index (χ2n) is 3.18. The normalized spacial score (nSPS) is 12.2. The van der Waals surface area contributed by atoms with Gasteiger partial charge in [0.25, 0.3) is 0 Å². The molecule has 1 amide bonds. The summed E-state index contributed by atoms with van der Waals surface area (Å²) in [6.07, 6.45) is 0. The van der Waals surface area contributed by atoms with Crippen molar-refractivity contribution in [3.63, 3.8) is 0 Å². The van der Waals surface area contributed by atoms with Crippen LogP contribution >= 0.6 is 27.5 Å². The Bertz CT molecular complexity index is 387. The molecule has 1 rings (SSSR count). The minimum Gasteiger partial charge on any atom is -0.383 e. The molecule has 0 heterocycles. The third-order valence-electron chi connectivity index (χ3n) is 1.87. The average Bonchev–Trinajstić information content (AvgIpc) is 2.23. The zero-order chi connectivity index (χ0) is 12.1. The summed E-state index contributed by atoms with van der Waals surface area (Å²) in [5.41, 5.74) is 6.09. The Balaban J connectivity index is 2.72. The molecule has 0 spiro atoms. The van der Waals surface area contributed by atoms with Gasteiger partial charge in [0.05, 0.1) is 17.3 Å². The summed E-state index contributed by atoms with van der Waals surface area (Å²) in [6, 6.07) is 4.47. The number of nitrogens with one attached hydrogen (secondary N) is 1. The molecule has 0 radical (unpaired) electrons. The summed E-state index contributed by atoms with van der Waals surface area (Å²) in [6.45, 7) is 0.164. The summed E-state index contributed by atoms with van der Waals surface area (Å²) in [4.78, 5) is 11.6. The number of rotatable bonds is 4. The van der Waals surface area contributed by atoms with E-state index in [4.69, 9.17) is 22.1 Å². The number of halogens is 2. The molecule has 1 atom stereocenters. The first-order valence-electron chi connectivity index (χ1n) is 4.55. The Morgan fingerprint density at radius 2 is 2.38 bits per heavy atom. The fourth-order valence-electron chi connectivity index (χ4n) is 1.07. The van der Waals surface area contributed by atoms with Gasteiger partial charge in [-0.05, 0) is 18.2 Å². The molecular weight excluding hydrogens is 295 g/mol. The fourth-order valence-corrected chi connectivity index (χ4v) is 1.60. The zero-order valence-electron chi connectivity index (χ0n) is 8.67. The van der Waals surface area contributed by atoms with E-state index in [-0.39, 0.29) is 12.5 Å². The molecule has 88 valence electrons. The first-order chi connectivity index (χ1) is 7.54. The van der Waals surface area contributed by atoms with Crippen LogP contribution < -0.4 is 11.1 Å². The Morgan fingerprint density at radius 3 is 3.00 bits per heavy atom. The van der Waals surface area contributed by atoms with E-state index < -0.39 is 6.04 Å². The zero-order valence-corrected chi connectivity index (χ0v) is 11.0. The molecule has 16 heavy (non-hydrogen) atoms. The van der Waals surface area contributed by atoms with Crippen LogP contribution in [-0.2, 0) is 9.53 Å². The highest BCUT2D eigenvalue weighted by molar-refractivity contribution is 9.10. The molecule has 4 nitrogen and oxygen atoms in total. The quantitative estimate of drug-likeness (QED) is 0.894. The van der Waals surface area contributed by atoms with Crippen molar-refractivity contribution in [1.82, 2.24) is 0 Å². The maximum Gasteiger partial charge on any atom is 0.243 e. The SMILES string of the molecule is COCC(N)C(=O)Nc1cc(Br)ccc1Cl. The molecule has 0 fully saturated rings. The molecule has 0 bridgehead atoms. The predicted octanol–water partition coefficient (Wildman–Crippen LogP) is 2.01. The molecular formula is C10H12BrClN2O2. The fraction of sp³-hybridized carbons (Fsp3) is 0.300. The van der Waals surface area contributed by atoms with Crippen molar-refractivity contribution in [2.45, 2.75) is 6.04 Å². The molecule has 0 saturated carbocycles. The molecule has 6 heteroatoms. The molecule has 1 aromatic rings. The third-order valence-corrected chi connectivity index (χ3v) is 2.69. The van der Waals surface area contributed by atoms with E-state index in [2.05, 4.69) is 21.2 Å². The summed E-state index contributed by atoms with van der Waals surface area (Å²) in [7, 11) is 1.49. The van der Waals surface area contributed by atoms with Gasteiger partial charge in [0.1, 0.15) is 6.04 Å². The van der Waals surface area contributed by atoms with Crippen LogP contribution in [0, 0.1) is 0 Å². The van der Waals surface area contributed by atoms with Gasteiger partial charge in [-0.15, -0.1) is 0 Å². The first kappa shape index (κ1) is 13.4. The van der Waals surface area contributed by atoms with E-state index in [1.165, 1.54) is 7.11 Å². The monoisotopic (exact) mass is 306 g/mol. The molecule has 1 unspecified atom stereocenters. The molecule has 0 saturated heterocycles. The molecule has 0 aliphatic carbocycles. The number of amides is 1. The van der Waals surface area contributed by atoms with Gasteiger partial charge in [0.2, 0.25) is 5.91 Å². The highest BCUT2D eigenvalue weighted by Gasteiger charge is 2.14. The van der Waals surface area contributed by atoms with Crippen LogP contribution in [0.2, 0.25) is 5.02 Å². The standard InChI is InChI=1S/C10H12BrClN2O2/c1-16-5-8(13)10(15)14-9-4-6(11)2-3-7(9)12/h2-4,8H,5,13H2,1H3,(H,14,15). The van der Waals surface area contributed by atoms with Gasteiger partial charge in [0, 0.05) is 11.6 Å². The van der Waals surface area contributed by atoms with Crippen molar-refractivity contribution in [3.8, 4) is 0 Å². The number of methoxy groups -OCH3 is 1. The number of anilines is 1. The number of nitrogens with two attached hydrogens (primary N) is 1. The van der Waals surface area contributed by atoms with Crippen molar-refractivity contribution in [2.24, 2.45) is 5.73 Å². The maximum atomic E-state index is 11.6. The largest absolute Gasteiger partial charge is 0.383 e. The van der Waals surface area contributed by atoms with E-state index >= 15 is 0 Å². The van der Waals surface area contributed by atoms with Crippen LogP contribution in [0.5, 0.6) is 0 Å². The van der Waals surface area contributed by atoms with Gasteiger partial charge < -0.3 is 15.8 Å². The highest BCUT2D eigenvalue weighted by Crippen LogP contribution is 2.25. The lowest BCUT2D eigenvalue weighted by molar-refractivity contribution is -0.118. The molecule has 1 aromatic carbocycles. The van der Waals surface area contributed by atoms with Crippen molar-refractivity contribution >= 4 is 39.1 Å². The minimum absolute atomic E-state index is 0.164. The summed E-state index contributed by atoms with van der Waals surface area (Å²) in [5, 5.41) is 3.09. The minimum atomic E-state index is -0.708. The highest BCUT2D eigenvalue weighted by atomic mass is 79.9. The maximum absolute atomic E-state index is 11.6. The van der Waals surface area contributed by atoms with Gasteiger partial charge in [-0.3, -0.25) is 4.79 Å². The second-order valence-corrected chi connectivity index (χ2v) is 4.50. The van der Waals surface area contributed by atoms with Gasteiger partial charge in [-0.1, -0.05) is 27.5 Å². The van der Waals surface area contributed by atoms with Crippen LogP contribution in [0.15, 0.2) is 22.7 Å². The number of carbonyl (C=O) groups excluding carboxylic acids is 1. The van der Waals surface area contributed by atoms with E-state index in [1.807, 2.05) is 0 Å². The van der Waals surface area contributed by atoms with Crippen LogP contribution in [0.25, 0.3) is 0 Å². The lowest BCUT2D eigenvalue weighted by Crippen LogP contribution is -2.39. The first-order valence-corrected chi connectivity index (χ1v) is 5.72. The lowest BCUT2D eigenvalue weighted by atomic mass is 10.2. The lowest BCUT2D eigenvalue weighted by Gasteiger charge is -2.12. The molecule has 3 N–H and O–H groups in total. The Hall–Kier alpha value is -0.620. The second kappa shape index (κ2) is 6.20. The number of hydrogen-bond donors (Lipinski definition) is 2.